The predicted octanol–water partition coefficient (Wildman–Crippen LogP) is 6.82. The number of fused-ring (bicyclic) bond motifs is 1. The molecule has 0 radical (unpaired) electrons. The van der Waals surface area contributed by atoms with Crippen molar-refractivity contribution in [1.29, 1.82) is 0 Å². The Morgan fingerprint density at radius 1 is 1.03 bits per heavy atom. The molecule has 1 heterocycles. The molecule has 0 aliphatic heterocycles. The number of rotatable bonds is 5. The van der Waals surface area contributed by atoms with Gasteiger partial charge in [-0.1, -0.05) is 66.2 Å². The number of hydrogen-bond acceptors (Lipinski definition) is 4. The van der Waals surface area contributed by atoms with Crippen LogP contribution in [0.3, 0.4) is 0 Å². The number of carbonyl (C=O) groups excluding carboxylic acids is 1. The molecule has 0 saturated heterocycles. The molecule has 2 N–H and O–H groups in total. The van der Waals surface area contributed by atoms with Crippen LogP contribution < -0.4 is 15.4 Å². The van der Waals surface area contributed by atoms with Crippen LogP contribution in [0.15, 0.2) is 78.9 Å². The van der Waals surface area contributed by atoms with Crippen LogP contribution in [-0.4, -0.2) is 11.0 Å². The Bertz CT molecular complexity index is 1240. The molecule has 4 rings (SSSR count). The third kappa shape index (κ3) is 5.05. The van der Waals surface area contributed by atoms with Gasteiger partial charge < -0.3 is 10.1 Å². The summed E-state index contributed by atoms with van der Waals surface area (Å²) in [5, 5.41) is 7.21. The lowest BCUT2D eigenvalue weighted by molar-refractivity contribution is 0.0982. The fourth-order valence-corrected chi connectivity index (χ4v) is 4.75. The van der Waals surface area contributed by atoms with Crippen molar-refractivity contribution in [1.82, 2.24) is 5.32 Å². The highest BCUT2D eigenvalue weighted by atomic mass is 35.5. The molecule has 1 aromatic heterocycles. The van der Waals surface area contributed by atoms with Crippen molar-refractivity contribution >= 4 is 61.9 Å². The molecule has 156 valence electrons. The number of ether oxygens (including phenoxy) is 1. The second-order valence-electron chi connectivity index (χ2n) is 6.85. The SMILES string of the molecule is C[C@@H](Oc1cccc(NC(=S)NC(=O)c2sc3ccccc3c2Cl)c1)c1ccccc1. The first-order chi connectivity index (χ1) is 15.0. The van der Waals surface area contributed by atoms with Crippen LogP contribution in [0.1, 0.15) is 28.3 Å². The molecule has 0 saturated carbocycles. The van der Waals surface area contributed by atoms with E-state index in [1.165, 1.54) is 11.3 Å². The molecule has 4 aromatic rings. The van der Waals surface area contributed by atoms with Crippen molar-refractivity contribution in [3.63, 3.8) is 0 Å². The van der Waals surface area contributed by atoms with Gasteiger partial charge >= 0.3 is 0 Å². The molecule has 0 unspecified atom stereocenters. The summed E-state index contributed by atoms with van der Waals surface area (Å²) in [6, 6.07) is 25.0. The number of hydrogen-bond donors (Lipinski definition) is 2. The topological polar surface area (TPSA) is 50.4 Å². The first kappa shape index (κ1) is 21.3. The van der Waals surface area contributed by atoms with Gasteiger partial charge in [-0.25, -0.2) is 0 Å². The van der Waals surface area contributed by atoms with E-state index in [2.05, 4.69) is 10.6 Å². The maximum absolute atomic E-state index is 12.7. The Morgan fingerprint density at radius 2 is 1.77 bits per heavy atom. The van der Waals surface area contributed by atoms with Crippen LogP contribution in [0.4, 0.5) is 5.69 Å². The van der Waals surface area contributed by atoms with Gasteiger partial charge in [0.2, 0.25) is 0 Å². The normalized spacial score (nSPS) is 11.7. The lowest BCUT2D eigenvalue weighted by Crippen LogP contribution is -2.33. The number of thiocarbonyl (C=S) groups is 1. The van der Waals surface area contributed by atoms with Crippen LogP contribution in [0.25, 0.3) is 10.1 Å². The Labute approximate surface area is 194 Å². The van der Waals surface area contributed by atoms with Gasteiger partial charge in [0.25, 0.3) is 5.91 Å². The molecule has 0 aliphatic rings. The highest BCUT2D eigenvalue weighted by molar-refractivity contribution is 7.80. The Kier molecular flexibility index (Phi) is 6.51. The average Bonchev–Trinajstić information content (AvgIpc) is 3.11. The second kappa shape index (κ2) is 9.47. The van der Waals surface area contributed by atoms with Crippen LogP contribution in [0.5, 0.6) is 5.75 Å². The molecule has 0 aliphatic carbocycles. The molecule has 1 atom stereocenters. The van der Waals surface area contributed by atoms with Gasteiger partial charge in [-0.05, 0) is 42.9 Å². The minimum Gasteiger partial charge on any atom is -0.486 e. The van der Waals surface area contributed by atoms with Crippen molar-refractivity contribution in [2.45, 2.75) is 13.0 Å². The minimum absolute atomic E-state index is 0.0989. The van der Waals surface area contributed by atoms with Crippen molar-refractivity contribution < 1.29 is 9.53 Å². The first-order valence-corrected chi connectivity index (χ1v) is 11.2. The quantitative estimate of drug-likeness (QED) is 0.317. The second-order valence-corrected chi connectivity index (χ2v) is 8.69. The van der Waals surface area contributed by atoms with Crippen LogP contribution in [0.2, 0.25) is 5.02 Å². The summed E-state index contributed by atoms with van der Waals surface area (Å²) in [6.07, 6.45) is -0.0989. The van der Waals surface area contributed by atoms with Crippen LogP contribution >= 0.6 is 35.2 Å². The molecule has 0 spiro atoms. The number of halogens is 1. The largest absolute Gasteiger partial charge is 0.486 e. The number of anilines is 1. The van der Waals surface area contributed by atoms with Crippen LogP contribution in [-0.2, 0) is 0 Å². The van der Waals surface area contributed by atoms with Crippen molar-refractivity contribution in [3.8, 4) is 5.75 Å². The number of benzene rings is 3. The molecule has 3 aromatic carbocycles. The Morgan fingerprint density at radius 3 is 2.55 bits per heavy atom. The van der Waals surface area contributed by atoms with E-state index < -0.39 is 0 Å². The standard InChI is InChI=1S/C24H19ClN2O2S2/c1-15(16-8-3-2-4-9-16)29-18-11-7-10-17(14-18)26-24(30)27-23(28)22-21(25)19-12-5-6-13-20(19)31-22/h2-15H,1H3,(H2,26,27,28,30)/t15-/m1/s1. The lowest BCUT2D eigenvalue weighted by Gasteiger charge is -2.16. The highest BCUT2D eigenvalue weighted by Crippen LogP contribution is 2.35. The molecule has 7 heteroatoms. The predicted molar refractivity (Wildman–Crippen MR) is 132 cm³/mol. The molecular formula is C24H19ClN2O2S2. The summed E-state index contributed by atoms with van der Waals surface area (Å²) in [5.74, 6) is 0.358. The Balaban J connectivity index is 1.41. The summed E-state index contributed by atoms with van der Waals surface area (Å²) in [6.45, 7) is 2.00. The molecule has 4 nitrogen and oxygen atoms in total. The number of thiophene rings is 1. The Hall–Kier alpha value is -2.93. The molecule has 0 bridgehead atoms. The monoisotopic (exact) mass is 466 g/mol. The third-order valence-electron chi connectivity index (χ3n) is 4.64. The van der Waals surface area contributed by atoms with Gasteiger partial charge in [0, 0.05) is 21.8 Å². The van der Waals surface area contributed by atoms with Crippen molar-refractivity contribution in [3.05, 3.63) is 94.3 Å². The number of nitrogens with one attached hydrogen (secondary N) is 2. The van der Waals surface area contributed by atoms with Gasteiger partial charge in [0.05, 0.1) is 5.02 Å². The van der Waals surface area contributed by atoms with Gasteiger partial charge in [0.1, 0.15) is 16.7 Å². The van der Waals surface area contributed by atoms with E-state index in [-0.39, 0.29) is 17.1 Å². The van der Waals surface area contributed by atoms with E-state index in [0.717, 1.165) is 15.6 Å². The molecule has 1 amide bonds. The highest BCUT2D eigenvalue weighted by Gasteiger charge is 2.18. The van der Waals surface area contributed by atoms with E-state index in [0.29, 0.717) is 21.3 Å². The van der Waals surface area contributed by atoms with Gasteiger partial charge in [-0.15, -0.1) is 11.3 Å². The average molecular weight is 467 g/mol. The van der Waals surface area contributed by atoms with Gasteiger partial charge in [-0.2, -0.15) is 0 Å². The summed E-state index contributed by atoms with van der Waals surface area (Å²) in [5.41, 5.74) is 1.80. The summed E-state index contributed by atoms with van der Waals surface area (Å²) >= 11 is 13.0. The van der Waals surface area contributed by atoms with Crippen molar-refractivity contribution in [2.24, 2.45) is 0 Å². The molecule has 0 fully saturated rings. The molecule has 31 heavy (non-hydrogen) atoms. The minimum atomic E-state index is -0.339. The fraction of sp³-hybridized carbons (Fsp3) is 0.0833. The zero-order valence-corrected chi connectivity index (χ0v) is 19.0. The summed E-state index contributed by atoms with van der Waals surface area (Å²) in [7, 11) is 0. The van der Waals surface area contributed by atoms with E-state index in [1.807, 2.05) is 85.8 Å². The zero-order valence-electron chi connectivity index (χ0n) is 16.6. The maximum atomic E-state index is 12.7. The third-order valence-corrected chi connectivity index (χ3v) is 6.52. The molecular weight excluding hydrogens is 448 g/mol. The fourth-order valence-electron chi connectivity index (χ4n) is 3.13. The van der Waals surface area contributed by atoms with Gasteiger partial charge in [-0.3, -0.25) is 10.1 Å². The zero-order chi connectivity index (χ0) is 21.8. The lowest BCUT2D eigenvalue weighted by atomic mass is 10.1. The van der Waals surface area contributed by atoms with Crippen LogP contribution in [0, 0.1) is 0 Å². The smallest absolute Gasteiger partial charge is 0.269 e. The van der Waals surface area contributed by atoms with Gasteiger partial charge in [0.15, 0.2) is 5.11 Å². The van der Waals surface area contributed by atoms with Crippen molar-refractivity contribution in [2.75, 3.05) is 5.32 Å². The van der Waals surface area contributed by atoms with E-state index in [1.54, 1.807) is 0 Å². The summed E-state index contributed by atoms with van der Waals surface area (Å²) in [4.78, 5) is 13.1. The van der Waals surface area contributed by atoms with E-state index >= 15 is 0 Å². The number of amides is 1. The summed E-state index contributed by atoms with van der Waals surface area (Å²) < 4.78 is 6.99. The maximum Gasteiger partial charge on any atom is 0.269 e. The number of carbonyl (C=O) groups is 1. The van der Waals surface area contributed by atoms with E-state index in [4.69, 9.17) is 28.6 Å². The van der Waals surface area contributed by atoms with E-state index in [9.17, 15) is 4.79 Å². The first-order valence-electron chi connectivity index (χ1n) is 9.62.